The van der Waals surface area contributed by atoms with E-state index in [-0.39, 0.29) is 0 Å². The van der Waals surface area contributed by atoms with Crippen molar-refractivity contribution in [3.05, 3.63) is 53.6 Å². The van der Waals surface area contributed by atoms with Gasteiger partial charge in [-0.3, -0.25) is 9.38 Å². The van der Waals surface area contributed by atoms with Crippen LogP contribution in [0.15, 0.2) is 36.8 Å². The summed E-state index contributed by atoms with van der Waals surface area (Å²) >= 11 is 0. The van der Waals surface area contributed by atoms with E-state index in [1.165, 1.54) is 23.1 Å². The lowest BCUT2D eigenvalue weighted by atomic mass is 10.00. The molecule has 0 bridgehead atoms. The molecule has 3 nitrogen and oxygen atoms in total. The Kier molecular flexibility index (Phi) is 3.26. The Hall–Kier alpha value is -2.16. The second-order valence-corrected chi connectivity index (χ2v) is 5.24. The first-order valence-electron chi connectivity index (χ1n) is 7.09. The maximum absolute atomic E-state index is 4.49. The molecule has 102 valence electrons. The summed E-state index contributed by atoms with van der Waals surface area (Å²) in [5.74, 6) is 0. The molecule has 0 aliphatic rings. The minimum absolute atomic E-state index is 0.931. The molecule has 3 rings (SSSR count). The minimum Gasteiger partial charge on any atom is -0.297 e. The molecule has 0 aliphatic carbocycles. The maximum Gasteiger partial charge on any atom is 0.158 e. The van der Waals surface area contributed by atoms with Gasteiger partial charge in [-0.1, -0.05) is 25.5 Å². The predicted molar refractivity (Wildman–Crippen MR) is 81.9 cm³/mol. The quantitative estimate of drug-likeness (QED) is 0.717. The number of hydrogen-bond acceptors (Lipinski definition) is 2. The van der Waals surface area contributed by atoms with Crippen molar-refractivity contribution in [1.82, 2.24) is 14.4 Å². The van der Waals surface area contributed by atoms with Gasteiger partial charge in [0.15, 0.2) is 5.65 Å². The molecule has 3 heteroatoms. The minimum atomic E-state index is 0.931. The van der Waals surface area contributed by atoms with Crippen LogP contribution in [0.1, 0.15) is 30.2 Å². The van der Waals surface area contributed by atoms with Crippen LogP contribution in [0.5, 0.6) is 0 Å². The number of aryl methyl sites for hydroxylation is 3. The Morgan fingerprint density at radius 3 is 2.80 bits per heavy atom. The zero-order valence-corrected chi connectivity index (χ0v) is 12.2. The van der Waals surface area contributed by atoms with Gasteiger partial charge < -0.3 is 0 Å². The Balaban J connectivity index is 2.16. The monoisotopic (exact) mass is 265 g/mol. The van der Waals surface area contributed by atoms with E-state index in [1.807, 2.05) is 25.5 Å². The third-order valence-electron chi connectivity index (χ3n) is 3.77. The summed E-state index contributed by atoms with van der Waals surface area (Å²) in [5, 5.41) is 0. The van der Waals surface area contributed by atoms with Gasteiger partial charge in [0.25, 0.3) is 0 Å². The molecule has 0 aliphatic heterocycles. The molecule has 0 fully saturated rings. The van der Waals surface area contributed by atoms with Gasteiger partial charge >= 0.3 is 0 Å². The molecule has 0 atom stereocenters. The van der Waals surface area contributed by atoms with Gasteiger partial charge in [-0.15, -0.1) is 0 Å². The largest absolute Gasteiger partial charge is 0.297 e. The van der Waals surface area contributed by atoms with Crippen LogP contribution in [0, 0.1) is 13.8 Å². The predicted octanol–water partition coefficient (Wildman–Crippen LogP) is 3.97. The van der Waals surface area contributed by atoms with Gasteiger partial charge in [-0.2, -0.15) is 0 Å². The van der Waals surface area contributed by atoms with Crippen LogP contribution in [0.2, 0.25) is 0 Å². The lowest BCUT2D eigenvalue weighted by molar-refractivity contribution is 0.913. The molecule has 3 aromatic rings. The summed E-state index contributed by atoms with van der Waals surface area (Å²) in [4.78, 5) is 8.79. The van der Waals surface area contributed by atoms with Crippen molar-refractivity contribution < 1.29 is 0 Å². The summed E-state index contributed by atoms with van der Waals surface area (Å²) < 4.78 is 2.11. The molecule has 20 heavy (non-hydrogen) atoms. The van der Waals surface area contributed by atoms with E-state index in [0.717, 1.165) is 23.5 Å². The molecule has 0 spiro atoms. The summed E-state index contributed by atoms with van der Waals surface area (Å²) in [6, 6.07) is 6.67. The highest BCUT2D eigenvalue weighted by Gasteiger charge is 2.09. The summed E-state index contributed by atoms with van der Waals surface area (Å²) in [7, 11) is 0. The normalized spacial score (nSPS) is 11.2. The summed E-state index contributed by atoms with van der Waals surface area (Å²) in [5.41, 5.74) is 7.02. The van der Waals surface area contributed by atoms with Crippen LogP contribution in [0.3, 0.4) is 0 Å². The Morgan fingerprint density at radius 2 is 2.00 bits per heavy atom. The summed E-state index contributed by atoms with van der Waals surface area (Å²) in [6.07, 6.45) is 8.03. The molecule has 0 saturated carbocycles. The van der Waals surface area contributed by atoms with Crippen molar-refractivity contribution in [1.29, 1.82) is 0 Å². The van der Waals surface area contributed by atoms with Crippen LogP contribution >= 0.6 is 0 Å². The topological polar surface area (TPSA) is 30.2 Å². The molecule has 0 N–H and O–H groups in total. The third kappa shape index (κ3) is 2.09. The van der Waals surface area contributed by atoms with Crippen molar-refractivity contribution in [3.8, 4) is 11.3 Å². The van der Waals surface area contributed by atoms with E-state index in [4.69, 9.17) is 0 Å². The van der Waals surface area contributed by atoms with Crippen molar-refractivity contribution >= 4 is 5.65 Å². The number of rotatable bonds is 3. The second kappa shape index (κ2) is 5.08. The van der Waals surface area contributed by atoms with Crippen molar-refractivity contribution in [3.63, 3.8) is 0 Å². The molecule has 0 saturated heterocycles. The highest BCUT2D eigenvalue weighted by Crippen LogP contribution is 2.24. The van der Waals surface area contributed by atoms with Crippen LogP contribution < -0.4 is 0 Å². The average Bonchev–Trinajstić information content (AvgIpc) is 2.87. The zero-order chi connectivity index (χ0) is 14.1. The SMILES string of the molecule is CCCc1cc(-c2cnc3c(C)nccn23)ccc1C. The summed E-state index contributed by atoms with van der Waals surface area (Å²) in [6.45, 7) is 6.39. The van der Waals surface area contributed by atoms with E-state index in [9.17, 15) is 0 Å². The smallest absolute Gasteiger partial charge is 0.158 e. The van der Waals surface area contributed by atoms with Crippen LogP contribution in [0.4, 0.5) is 0 Å². The first kappa shape index (κ1) is 12.9. The van der Waals surface area contributed by atoms with E-state index < -0.39 is 0 Å². The van der Waals surface area contributed by atoms with Gasteiger partial charge in [0.05, 0.1) is 17.6 Å². The molecular weight excluding hydrogens is 246 g/mol. The molecule has 2 aromatic heterocycles. The number of benzene rings is 1. The maximum atomic E-state index is 4.49. The van der Waals surface area contributed by atoms with Crippen LogP contribution in [-0.2, 0) is 6.42 Å². The fraction of sp³-hybridized carbons (Fsp3) is 0.294. The van der Waals surface area contributed by atoms with Gasteiger partial charge in [-0.25, -0.2) is 4.98 Å². The molecule has 0 radical (unpaired) electrons. The first-order valence-corrected chi connectivity index (χ1v) is 7.09. The average molecular weight is 265 g/mol. The second-order valence-electron chi connectivity index (χ2n) is 5.24. The zero-order valence-electron chi connectivity index (χ0n) is 12.2. The Bertz CT molecular complexity index is 756. The standard InChI is InChI=1S/C17H19N3/c1-4-5-14-10-15(7-6-12(14)2)16-11-19-17-13(3)18-8-9-20(16)17/h6-11H,4-5H2,1-3H3. The van der Waals surface area contributed by atoms with Gasteiger partial charge in [-0.05, 0) is 37.5 Å². The number of hydrogen-bond donors (Lipinski definition) is 0. The molecule has 0 amide bonds. The first-order chi connectivity index (χ1) is 9.70. The molecule has 1 aromatic carbocycles. The van der Waals surface area contributed by atoms with E-state index in [0.29, 0.717) is 0 Å². The third-order valence-corrected chi connectivity index (χ3v) is 3.77. The molecule has 0 unspecified atom stereocenters. The lowest BCUT2D eigenvalue weighted by Gasteiger charge is -2.08. The Labute approximate surface area is 119 Å². The van der Waals surface area contributed by atoms with Crippen LogP contribution in [0.25, 0.3) is 16.9 Å². The van der Waals surface area contributed by atoms with E-state index >= 15 is 0 Å². The van der Waals surface area contributed by atoms with E-state index in [1.54, 1.807) is 0 Å². The number of aromatic nitrogens is 3. The van der Waals surface area contributed by atoms with Crippen LogP contribution in [-0.4, -0.2) is 14.4 Å². The highest BCUT2D eigenvalue weighted by atomic mass is 15.0. The fourth-order valence-electron chi connectivity index (χ4n) is 2.63. The highest BCUT2D eigenvalue weighted by molar-refractivity contribution is 5.65. The lowest BCUT2D eigenvalue weighted by Crippen LogP contribution is -1.94. The number of nitrogens with zero attached hydrogens (tertiary/aromatic N) is 3. The van der Waals surface area contributed by atoms with Crippen molar-refractivity contribution in [2.24, 2.45) is 0 Å². The molecule has 2 heterocycles. The van der Waals surface area contributed by atoms with Gasteiger partial charge in [0.1, 0.15) is 0 Å². The number of fused-ring (bicyclic) bond motifs is 1. The van der Waals surface area contributed by atoms with Gasteiger partial charge in [0.2, 0.25) is 0 Å². The number of imidazole rings is 1. The van der Waals surface area contributed by atoms with Gasteiger partial charge in [0, 0.05) is 18.0 Å². The fourth-order valence-corrected chi connectivity index (χ4v) is 2.63. The van der Waals surface area contributed by atoms with E-state index in [2.05, 4.69) is 46.4 Å². The Morgan fingerprint density at radius 1 is 1.15 bits per heavy atom. The van der Waals surface area contributed by atoms with Crippen molar-refractivity contribution in [2.75, 3.05) is 0 Å². The van der Waals surface area contributed by atoms with Crippen molar-refractivity contribution in [2.45, 2.75) is 33.6 Å². The molecular formula is C17H19N3.